The number of halogens is 3. The number of sulfonamides is 1. The monoisotopic (exact) mass is 466 g/mol. The van der Waals surface area contributed by atoms with E-state index >= 15 is 0 Å². The second-order valence-electron chi connectivity index (χ2n) is 6.23. The molecule has 0 atom stereocenters. The van der Waals surface area contributed by atoms with Gasteiger partial charge < -0.3 is 4.74 Å². The van der Waals surface area contributed by atoms with Gasteiger partial charge in [-0.25, -0.2) is 22.2 Å². The van der Waals surface area contributed by atoms with Crippen LogP contribution in [0.15, 0.2) is 59.5 Å². The maximum Gasteiger partial charge on any atom is 0.261 e. The number of thiazole rings is 1. The summed E-state index contributed by atoms with van der Waals surface area (Å²) in [5.74, 6) is -1.67. The molecule has 10 heteroatoms. The quantitative estimate of drug-likeness (QED) is 0.409. The van der Waals surface area contributed by atoms with E-state index in [0.29, 0.717) is 22.4 Å². The van der Waals surface area contributed by atoms with Gasteiger partial charge in [0.2, 0.25) is 0 Å². The van der Waals surface area contributed by atoms with E-state index in [1.165, 1.54) is 23.5 Å². The number of methoxy groups -OCH3 is 1. The van der Waals surface area contributed by atoms with Crippen LogP contribution < -0.4 is 9.46 Å². The van der Waals surface area contributed by atoms with E-state index in [1.54, 1.807) is 13.2 Å². The molecular formula is C20H13ClF2N2O3S2. The van der Waals surface area contributed by atoms with Crippen molar-refractivity contribution in [1.82, 2.24) is 4.98 Å². The number of fused-ring (bicyclic) bond motifs is 1. The number of benzene rings is 3. The van der Waals surface area contributed by atoms with Crippen molar-refractivity contribution in [2.75, 3.05) is 11.8 Å². The number of hydrogen-bond donors (Lipinski definition) is 1. The van der Waals surface area contributed by atoms with Crippen molar-refractivity contribution in [1.29, 1.82) is 0 Å². The van der Waals surface area contributed by atoms with E-state index in [2.05, 4.69) is 9.71 Å². The van der Waals surface area contributed by atoms with Gasteiger partial charge in [0, 0.05) is 5.56 Å². The number of nitrogens with zero attached hydrogens (tertiary/aromatic N) is 1. The molecule has 1 heterocycles. The minimum atomic E-state index is -4.12. The molecule has 5 nitrogen and oxygen atoms in total. The zero-order valence-corrected chi connectivity index (χ0v) is 17.7. The Hall–Kier alpha value is -2.75. The molecule has 0 bridgehead atoms. The van der Waals surface area contributed by atoms with E-state index in [4.69, 9.17) is 16.3 Å². The highest BCUT2D eigenvalue weighted by molar-refractivity contribution is 7.92. The Morgan fingerprint density at radius 2 is 1.83 bits per heavy atom. The van der Waals surface area contributed by atoms with E-state index in [-0.39, 0.29) is 10.7 Å². The van der Waals surface area contributed by atoms with Gasteiger partial charge in [-0.3, -0.25) is 4.72 Å². The SMILES string of the molecule is COc1ccc2nc(-c3ccc(NS(=O)(=O)c4ccc(F)c(F)c4)cc3Cl)sc2c1. The molecule has 0 amide bonds. The Labute approximate surface area is 180 Å². The Morgan fingerprint density at radius 1 is 1.03 bits per heavy atom. The highest BCUT2D eigenvalue weighted by Crippen LogP contribution is 2.37. The highest BCUT2D eigenvalue weighted by atomic mass is 35.5. The second-order valence-corrected chi connectivity index (χ2v) is 9.35. The molecule has 0 fully saturated rings. The highest BCUT2D eigenvalue weighted by Gasteiger charge is 2.18. The zero-order chi connectivity index (χ0) is 21.5. The molecule has 4 rings (SSSR count). The maximum absolute atomic E-state index is 13.4. The number of nitrogens with one attached hydrogen (secondary N) is 1. The lowest BCUT2D eigenvalue weighted by Gasteiger charge is -2.10. The third-order valence-corrected chi connectivity index (χ3v) is 6.99. The van der Waals surface area contributed by atoms with Crippen LogP contribution in [-0.4, -0.2) is 20.5 Å². The molecule has 0 spiro atoms. The molecule has 1 aromatic heterocycles. The number of anilines is 1. The van der Waals surface area contributed by atoms with Crippen LogP contribution in [-0.2, 0) is 10.0 Å². The fraction of sp³-hybridized carbons (Fsp3) is 0.0500. The van der Waals surface area contributed by atoms with Gasteiger partial charge in [0.05, 0.1) is 32.9 Å². The topological polar surface area (TPSA) is 68.3 Å². The molecule has 0 aliphatic carbocycles. The molecule has 3 aromatic carbocycles. The largest absolute Gasteiger partial charge is 0.497 e. The van der Waals surface area contributed by atoms with Crippen LogP contribution in [0.25, 0.3) is 20.8 Å². The standard InChI is InChI=1S/C20H13ClF2N2O3S2/c1-28-12-3-7-18-19(9-12)29-20(24-18)14-5-2-11(8-15(14)21)25-30(26,27)13-4-6-16(22)17(23)10-13/h2-10,25H,1H3. The van der Waals surface area contributed by atoms with Gasteiger partial charge in [0.15, 0.2) is 11.6 Å². The second kappa shape index (κ2) is 7.82. The van der Waals surface area contributed by atoms with Crippen LogP contribution >= 0.6 is 22.9 Å². The fourth-order valence-electron chi connectivity index (χ4n) is 2.76. The normalized spacial score (nSPS) is 11.6. The molecule has 0 saturated heterocycles. The van der Waals surface area contributed by atoms with Crippen molar-refractivity contribution in [2.45, 2.75) is 4.90 Å². The van der Waals surface area contributed by atoms with E-state index < -0.39 is 26.6 Å². The predicted molar refractivity (Wildman–Crippen MR) is 114 cm³/mol. The molecule has 0 aliphatic rings. The van der Waals surface area contributed by atoms with Crippen molar-refractivity contribution in [2.24, 2.45) is 0 Å². The first-order valence-electron chi connectivity index (χ1n) is 8.49. The van der Waals surface area contributed by atoms with Crippen molar-refractivity contribution >= 4 is 48.9 Å². The van der Waals surface area contributed by atoms with Crippen LogP contribution in [0.1, 0.15) is 0 Å². The van der Waals surface area contributed by atoms with E-state index in [0.717, 1.165) is 22.3 Å². The van der Waals surface area contributed by atoms with Gasteiger partial charge in [0.25, 0.3) is 10.0 Å². The fourth-order valence-corrected chi connectivity index (χ4v) is 5.18. The third kappa shape index (κ3) is 3.96. The van der Waals surface area contributed by atoms with Gasteiger partial charge in [-0.05, 0) is 54.6 Å². The summed E-state index contributed by atoms with van der Waals surface area (Å²) in [5.41, 5.74) is 1.60. The average Bonchev–Trinajstić information content (AvgIpc) is 3.12. The van der Waals surface area contributed by atoms with E-state index in [1.807, 2.05) is 18.2 Å². The first kappa shape index (κ1) is 20.5. The number of rotatable bonds is 5. The zero-order valence-electron chi connectivity index (χ0n) is 15.3. The summed E-state index contributed by atoms with van der Waals surface area (Å²) in [5, 5.41) is 0.949. The molecular weight excluding hydrogens is 454 g/mol. The lowest BCUT2D eigenvalue weighted by Crippen LogP contribution is -2.13. The van der Waals surface area contributed by atoms with Crippen molar-refractivity contribution < 1.29 is 21.9 Å². The molecule has 4 aromatic rings. The molecule has 0 unspecified atom stereocenters. The first-order valence-corrected chi connectivity index (χ1v) is 11.2. The average molecular weight is 467 g/mol. The third-order valence-electron chi connectivity index (χ3n) is 4.25. The summed E-state index contributed by atoms with van der Waals surface area (Å²) in [6.07, 6.45) is 0. The van der Waals surface area contributed by atoms with Gasteiger partial charge in [-0.1, -0.05) is 11.6 Å². The lowest BCUT2D eigenvalue weighted by atomic mass is 10.2. The van der Waals surface area contributed by atoms with E-state index in [9.17, 15) is 17.2 Å². The Bertz CT molecular complexity index is 1370. The number of ether oxygens (including phenoxy) is 1. The maximum atomic E-state index is 13.4. The van der Waals surface area contributed by atoms with Gasteiger partial charge in [0.1, 0.15) is 10.8 Å². The molecule has 0 radical (unpaired) electrons. The summed E-state index contributed by atoms with van der Waals surface area (Å²) in [6.45, 7) is 0. The van der Waals surface area contributed by atoms with Crippen LogP contribution in [0.4, 0.5) is 14.5 Å². The van der Waals surface area contributed by atoms with Crippen molar-refractivity contribution in [3.8, 4) is 16.3 Å². The van der Waals surface area contributed by atoms with Gasteiger partial charge in [-0.2, -0.15) is 0 Å². The Morgan fingerprint density at radius 3 is 2.53 bits per heavy atom. The minimum Gasteiger partial charge on any atom is -0.497 e. The van der Waals surface area contributed by atoms with Crippen molar-refractivity contribution in [3.63, 3.8) is 0 Å². The summed E-state index contributed by atoms with van der Waals surface area (Å²) in [7, 11) is -2.53. The number of aromatic nitrogens is 1. The lowest BCUT2D eigenvalue weighted by molar-refractivity contribution is 0.415. The summed E-state index contributed by atoms with van der Waals surface area (Å²) in [6, 6.07) is 12.5. The molecule has 0 saturated carbocycles. The predicted octanol–water partition coefficient (Wildman–Crippen LogP) is 5.70. The summed E-state index contributed by atoms with van der Waals surface area (Å²) < 4.78 is 59.8. The minimum absolute atomic E-state index is 0.177. The van der Waals surface area contributed by atoms with Crippen molar-refractivity contribution in [3.05, 3.63) is 71.3 Å². The molecule has 30 heavy (non-hydrogen) atoms. The van der Waals surface area contributed by atoms with Crippen LogP contribution in [0.2, 0.25) is 5.02 Å². The van der Waals surface area contributed by atoms with Gasteiger partial charge in [-0.15, -0.1) is 11.3 Å². The van der Waals surface area contributed by atoms with Crippen LogP contribution in [0.5, 0.6) is 5.75 Å². The Balaban J connectivity index is 1.64. The van der Waals surface area contributed by atoms with Gasteiger partial charge >= 0.3 is 0 Å². The molecule has 0 aliphatic heterocycles. The number of hydrogen-bond acceptors (Lipinski definition) is 5. The summed E-state index contributed by atoms with van der Waals surface area (Å²) >= 11 is 7.79. The first-order chi connectivity index (χ1) is 14.3. The smallest absolute Gasteiger partial charge is 0.261 e. The summed E-state index contributed by atoms with van der Waals surface area (Å²) in [4.78, 5) is 4.15. The molecule has 1 N–H and O–H groups in total. The van der Waals surface area contributed by atoms with Crippen LogP contribution in [0.3, 0.4) is 0 Å². The Kier molecular flexibility index (Phi) is 5.35. The van der Waals surface area contributed by atoms with Crippen LogP contribution in [0, 0.1) is 11.6 Å². The molecule has 154 valence electrons.